The molecule has 4 N–H and O–H groups in total. The van der Waals surface area contributed by atoms with Crippen LogP contribution in [-0.2, 0) is 20.2 Å². The van der Waals surface area contributed by atoms with Gasteiger partial charge in [-0.15, -0.1) is 0 Å². The molecule has 0 aliphatic heterocycles. The Kier molecular flexibility index (Phi) is 8.60. The van der Waals surface area contributed by atoms with Crippen molar-refractivity contribution in [2.45, 2.75) is 0 Å². The van der Waals surface area contributed by atoms with E-state index in [0.29, 0.717) is 0 Å². The molecule has 0 amide bonds. The van der Waals surface area contributed by atoms with E-state index in [0.717, 1.165) is 0 Å². The third-order valence-electron chi connectivity index (χ3n) is 0. The van der Waals surface area contributed by atoms with Crippen molar-refractivity contribution >= 4 is 9.58 Å². The van der Waals surface area contributed by atoms with Gasteiger partial charge in [-0.3, -0.25) is 0 Å². The molecule has 0 saturated heterocycles. The molecule has 5 heteroatoms. The van der Waals surface area contributed by atoms with Crippen LogP contribution in [0.15, 0.2) is 0 Å². The summed E-state index contributed by atoms with van der Waals surface area (Å²) in [6.07, 6.45) is 0. The fraction of sp³-hybridized carbons (Fsp3) is 0. The predicted molar refractivity (Wildman–Crippen MR) is 14.3 cm³/mol. The van der Waals surface area contributed by atoms with E-state index in [-0.39, 0.29) is 6.15 Å². The van der Waals surface area contributed by atoms with Crippen LogP contribution in [0.1, 0.15) is 0 Å². The average Bonchev–Trinajstić information content (AvgIpc) is 0.811. The summed E-state index contributed by atoms with van der Waals surface area (Å²) in [5.74, 6) is 0. The standard InChI is InChI=1S/H3N.Nb.2O.S/h1H3;;;;/q;;;-1;/p+1. The SMILES string of the molecule is [NH4+].[O]=[Nb]([O-])=[S]. The molecular formula is H4NNbO2S. The minimum absolute atomic E-state index is 0. The average molecular weight is 175 g/mol. The molecule has 0 aliphatic carbocycles. The topological polar surface area (TPSA) is 76.6 Å². The number of quaternary nitrogens is 1. The summed E-state index contributed by atoms with van der Waals surface area (Å²) >= 11 is -3.37. The fourth-order valence-electron chi connectivity index (χ4n) is 0. The van der Waals surface area contributed by atoms with Crippen LogP contribution >= 0.6 is 9.58 Å². The molecular weight excluding hydrogens is 171 g/mol. The summed E-state index contributed by atoms with van der Waals surface area (Å²) in [6, 6.07) is 0. The maximum atomic E-state index is 8.97. The third-order valence-corrected chi connectivity index (χ3v) is 0. The van der Waals surface area contributed by atoms with Gasteiger partial charge in [0.1, 0.15) is 0 Å². The summed E-state index contributed by atoms with van der Waals surface area (Å²) in [5, 5.41) is 0. The van der Waals surface area contributed by atoms with Crippen molar-refractivity contribution in [1.29, 1.82) is 0 Å². The molecule has 0 aliphatic rings. The maximum absolute atomic E-state index is 8.97. The van der Waals surface area contributed by atoms with E-state index >= 15 is 0 Å². The first-order valence-corrected chi connectivity index (χ1v) is 5.40. The normalized spacial score (nSPS) is 5.00. The van der Waals surface area contributed by atoms with Crippen molar-refractivity contribution in [3.63, 3.8) is 0 Å². The van der Waals surface area contributed by atoms with Crippen LogP contribution in [0, 0.1) is 0 Å². The number of hydrogen-bond acceptors (Lipinski definition) is 3. The predicted octanol–water partition coefficient (Wildman–Crippen LogP) is -0.286. The van der Waals surface area contributed by atoms with Crippen LogP contribution in [0.2, 0.25) is 0 Å². The Morgan fingerprint density at radius 1 is 1.80 bits per heavy atom. The first-order chi connectivity index (χ1) is 1.73. The van der Waals surface area contributed by atoms with Crippen molar-refractivity contribution < 1.29 is 23.8 Å². The van der Waals surface area contributed by atoms with Crippen LogP contribution in [0.5, 0.6) is 0 Å². The number of rotatable bonds is 0. The van der Waals surface area contributed by atoms with Crippen LogP contribution < -0.4 is 9.77 Å². The second-order valence-electron chi connectivity index (χ2n) is 0.224. The Balaban J connectivity index is 0. The zero-order valence-electron chi connectivity index (χ0n) is 2.67. The van der Waals surface area contributed by atoms with E-state index in [1.165, 1.54) is 0 Å². The van der Waals surface area contributed by atoms with E-state index in [1.807, 2.05) is 0 Å². The Bertz CT molecular complexity index is 58.0. The molecule has 0 fully saturated rings. The van der Waals surface area contributed by atoms with Crippen LogP contribution in [0.3, 0.4) is 0 Å². The van der Waals surface area contributed by atoms with Gasteiger partial charge in [0.2, 0.25) is 0 Å². The second kappa shape index (κ2) is 4.68. The molecule has 5 heavy (non-hydrogen) atoms. The van der Waals surface area contributed by atoms with Gasteiger partial charge in [-0.1, -0.05) is 0 Å². The molecule has 3 nitrogen and oxygen atoms in total. The summed E-state index contributed by atoms with van der Waals surface area (Å²) in [4.78, 5) is 0. The molecule has 0 saturated carbocycles. The van der Waals surface area contributed by atoms with Gasteiger partial charge in [-0.2, -0.15) is 0 Å². The summed E-state index contributed by atoms with van der Waals surface area (Å²) in [5.41, 5.74) is 0. The van der Waals surface area contributed by atoms with Crippen molar-refractivity contribution in [1.82, 2.24) is 6.15 Å². The Morgan fingerprint density at radius 3 is 1.80 bits per heavy atom. The molecule has 0 radical (unpaired) electrons. The molecule has 0 atom stereocenters. The van der Waals surface area contributed by atoms with Gasteiger partial charge in [-0.25, -0.2) is 0 Å². The zero-order chi connectivity index (χ0) is 3.58. The van der Waals surface area contributed by atoms with Crippen molar-refractivity contribution in [3.8, 4) is 0 Å². The Morgan fingerprint density at radius 2 is 1.80 bits per heavy atom. The quantitative estimate of drug-likeness (QED) is 0.514. The molecule has 0 rings (SSSR count). The molecule has 0 heterocycles. The first-order valence-electron chi connectivity index (χ1n) is 0.548. The number of hydrogen-bond donors (Lipinski definition) is 1. The molecule has 0 aromatic carbocycles. The van der Waals surface area contributed by atoms with Crippen LogP contribution in [-0.4, -0.2) is 0 Å². The first kappa shape index (κ1) is 9.19. The molecule has 0 spiro atoms. The summed E-state index contributed by atoms with van der Waals surface area (Å²) < 4.78 is 17.9. The van der Waals surface area contributed by atoms with E-state index < -0.39 is 16.9 Å². The fourth-order valence-corrected chi connectivity index (χ4v) is 0. The summed E-state index contributed by atoms with van der Waals surface area (Å²) in [7, 11) is 3.69. The Hall–Kier alpha value is 0.680. The van der Waals surface area contributed by atoms with Crippen molar-refractivity contribution in [2.24, 2.45) is 0 Å². The van der Waals surface area contributed by atoms with E-state index in [9.17, 15) is 0 Å². The molecule has 0 bridgehead atoms. The third kappa shape index (κ3) is 72.7. The van der Waals surface area contributed by atoms with Crippen LogP contribution in [0.4, 0.5) is 0 Å². The van der Waals surface area contributed by atoms with Crippen molar-refractivity contribution in [3.05, 3.63) is 0 Å². The van der Waals surface area contributed by atoms with Gasteiger partial charge in [0.05, 0.1) is 0 Å². The summed E-state index contributed by atoms with van der Waals surface area (Å²) in [6.45, 7) is 0. The van der Waals surface area contributed by atoms with Gasteiger partial charge >= 0.3 is 33.4 Å². The minimum atomic E-state index is -3.37. The molecule has 32 valence electrons. The van der Waals surface area contributed by atoms with Crippen LogP contribution in [0.25, 0.3) is 0 Å². The molecule has 0 aromatic heterocycles. The zero-order valence-corrected chi connectivity index (χ0v) is 5.69. The van der Waals surface area contributed by atoms with E-state index in [4.69, 9.17) is 6.86 Å². The van der Waals surface area contributed by atoms with Gasteiger partial charge in [-0.05, 0) is 0 Å². The molecule has 0 aromatic rings. The second-order valence-corrected chi connectivity index (χ2v) is 3.09. The monoisotopic (exact) mass is 175 g/mol. The Labute approximate surface area is 39.8 Å². The van der Waals surface area contributed by atoms with Gasteiger partial charge in [0.15, 0.2) is 0 Å². The molecule has 0 unspecified atom stereocenters. The van der Waals surface area contributed by atoms with Gasteiger partial charge in [0.25, 0.3) is 0 Å². The van der Waals surface area contributed by atoms with Gasteiger partial charge < -0.3 is 6.15 Å². The van der Waals surface area contributed by atoms with Gasteiger partial charge in [0, 0.05) is 0 Å². The van der Waals surface area contributed by atoms with Crippen molar-refractivity contribution in [2.75, 3.05) is 0 Å². The van der Waals surface area contributed by atoms with E-state index in [2.05, 4.69) is 9.58 Å². The van der Waals surface area contributed by atoms with E-state index in [1.54, 1.807) is 0 Å².